The first kappa shape index (κ1) is 20.3. The van der Waals surface area contributed by atoms with Crippen LogP contribution in [0.5, 0.6) is 0 Å². The molecule has 0 bridgehead atoms. The number of thiophene rings is 1. The molecule has 4 nitrogen and oxygen atoms in total. The third kappa shape index (κ3) is 3.36. The molecule has 160 valence electrons. The summed E-state index contributed by atoms with van der Waals surface area (Å²) < 4.78 is 3.56. The molecule has 2 aromatic carbocycles. The molecule has 1 N–H and O–H groups in total. The van der Waals surface area contributed by atoms with Gasteiger partial charge < -0.3 is 9.88 Å². The lowest BCUT2D eigenvalue weighted by Gasteiger charge is -2.18. The van der Waals surface area contributed by atoms with E-state index in [4.69, 9.17) is 0 Å². The van der Waals surface area contributed by atoms with Gasteiger partial charge in [-0.05, 0) is 48.0 Å². The molecule has 0 aliphatic carbocycles. The van der Waals surface area contributed by atoms with Crippen molar-refractivity contribution < 1.29 is 4.79 Å². The average Bonchev–Trinajstić information content (AvgIpc) is 3.48. The summed E-state index contributed by atoms with van der Waals surface area (Å²) in [5.74, 6) is 0.431. The van der Waals surface area contributed by atoms with Crippen LogP contribution in [0.2, 0.25) is 0 Å². The third-order valence-corrected chi connectivity index (χ3v) is 7.99. The first-order valence-electron chi connectivity index (χ1n) is 11.1. The first-order valence-corrected chi connectivity index (χ1v) is 11.9. The molecule has 1 aliphatic heterocycles. The Labute approximate surface area is 187 Å². The van der Waals surface area contributed by atoms with Crippen molar-refractivity contribution in [3.05, 3.63) is 70.2 Å². The summed E-state index contributed by atoms with van der Waals surface area (Å²) in [4.78, 5) is 16.1. The maximum Gasteiger partial charge on any atom is 0.261 e. The quantitative estimate of drug-likeness (QED) is 0.465. The maximum absolute atomic E-state index is 12.6. The van der Waals surface area contributed by atoms with Gasteiger partial charge in [0.25, 0.3) is 5.91 Å². The van der Waals surface area contributed by atoms with Crippen LogP contribution in [0.15, 0.2) is 48.5 Å². The normalized spacial score (nSPS) is 17.1. The van der Waals surface area contributed by atoms with E-state index >= 15 is 0 Å². The van der Waals surface area contributed by atoms with E-state index in [1.54, 1.807) is 18.4 Å². The highest BCUT2D eigenvalue weighted by Gasteiger charge is 2.31. The SMILES string of the molecule is CCc1c(CN2CCC(c3c(C(=O)NC)sc4ccccc34)C2)c2ccccc2n1C. The zero-order chi connectivity index (χ0) is 21.5. The summed E-state index contributed by atoms with van der Waals surface area (Å²) in [6.07, 6.45) is 2.13. The molecule has 3 heterocycles. The molecule has 1 atom stereocenters. The van der Waals surface area contributed by atoms with Crippen LogP contribution in [0.4, 0.5) is 0 Å². The van der Waals surface area contributed by atoms with E-state index in [-0.39, 0.29) is 5.91 Å². The molecule has 5 heteroatoms. The second-order valence-electron chi connectivity index (χ2n) is 8.50. The predicted octanol–water partition coefficient (Wildman–Crippen LogP) is 5.30. The molecule has 0 saturated carbocycles. The van der Waals surface area contributed by atoms with Crippen LogP contribution in [-0.4, -0.2) is 35.5 Å². The van der Waals surface area contributed by atoms with Crippen LogP contribution >= 0.6 is 11.3 Å². The number of aromatic nitrogens is 1. The van der Waals surface area contributed by atoms with Gasteiger partial charge in [0.1, 0.15) is 0 Å². The molecule has 31 heavy (non-hydrogen) atoms. The predicted molar refractivity (Wildman–Crippen MR) is 130 cm³/mol. The van der Waals surface area contributed by atoms with Gasteiger partial charge in [-0.25, -0.2) is 0 Å². The van der Waals surface area contributed by atoms with Crippen molar-refractivity contribution in [2.75, 3.05) is 20.1 Å². The Kier molecular flexibility index (Phi) is 5.32. The van der Waals surface area contributed by atoms with Gasteiger partial charge in [0.2, 0.25) is 0 Å². The molecule has 1 amide bonds. The zero-order valence-corrected chi connectivity index (χ0v) is 19.3. The summed E-state index contributed by atoms with van der Waals surface area (Å²) in [5.41, 5.74) is 5.45. The number of benzene rings is 2. The molecular weight excluding hydrogens is 402 g/mol. The lowest BCUT2D eigenvalue weighted by Crippen LogP contribution is -2.22. The van der Waals surface area contributed by atoms with Crippen molar-refractivity contribution in [2.24, 2.45) is 7.05 Å². The summed E-state index contributed by atoms with van der Waals surface area (Å²) in [6, 6.07) is 17.2. The Morgan fingerprint density at radius 3 is 2.65 bits per heavy atom. The van der Waals surface area contributed by atoms with Crippen molar-refractivity contribution in [1.82, 2.24) is 14.8 Å². The molecule has 1 fully saturated rings. The fraction of sp³-hybridized carbons (Fsp3) is 0.346. The number of para-hydroxylation sites is 1. The number of carbonyl (C=O) groups excluding carboxylic acids is 1. The zero-order valence-electron chi connectivity index (χ0n) is 18.4. The van der Waals surface area contributed by atoms with Crippen molar-refractivity contribution in [3.8, 4) is 0 Å². The Balaban J connectivity index is 1.47. The molecule has 1 saturated heterocycles. The summed E-state index contributed by atoms with van der Waals surface area (Å²) in [5, 5.41) is 5.47. The minimum Gasteiger partial charge on any atom is -0.354 e. The highest BCUT2D eigenvalue weighted by molar-refractivity contribution is 7.21. The summed E-state index contributed by atoms with van der Waals surface area (Å²) in [7, 11) is 3.91. The van der Waals surface area contributed by atoms with Gasteiger partial charge in [0.15, 0.2) is 0 Å². The van der Waals surface area contributed by atoms with Crippen LogP contribution in [0.3, 0.4) is 0 Å². The van der Waals surface area contributed by atoms with E-state index in [0.717, 1.165) is 37.4 Å². The number of fused-ring (bicyclic) bond motifs is 2. The number of rotatable bonds is 5. The second kappa shape index (κ2) is 8.13. The van der Waals surface area contributed by atoms with Gasteiger partial charge in [-0.3, -0.25) is 9.69 Å². The molecule has 5 rings (SSSR count). The average molecular weight is 432 g/mol. The van der Waals surface area contributed by atoms with E-state index in [1.807, 2.05) is 0 Å². The van der Waals surface area contributed by atoms with E-state index < -0.39 is 0 Å². The number of hydrogen-bond acceptors (Lipinski definition) is 3. The number of likely N-dealkylation sites (tertiary alicyclic amines) is 1. The van der Waals surface area contributed by atoms with Crippen molar-refractivity contribution >= 4 is 38.2 Å². The van der Waals surface area contributed by atoms with Crippen molar-refractivity contribution in [1.29, 1.82) is 0 Å². The summed E-state index contributed by atoms with van der Waals surface area (Å²) >= 11 is 1.63. The maximum atomic E-state index is 12.6. The van der Waals surface area contributed by atoms with Gasteiger partial charge >= 0.3 is 0 Å². The number of nitrogens with zero attached hydrogens (tertiary/aromatic N) is 2. The van der Waals surface area contributed by atoms with Gasteiger partial charge in [-0.1, -0.05) is 43.3 Å². The lowest BCUT2D eigenvalue weighted by molar-refractivity contribution is 0.0966. The number of nitrogens with one attached hydrogen (secondary N) is 1. The van der Waals surface area contributed by atoms with Crippen LogP contribution < -0.4 is 5.32 Å². The van der Waals surface area contributed by atoms with Crippen LogP contribution in [-0.2, 0) is 20.0 Å². The van der Waals surface area contributed by atoms with Crippen LogP contribution in [0.1, 0.15) is 45.8 Å². The number of amides is 1. The van der Waals surface area contributed by atoms with Gasteiger partial charge in [-0.15, -0.1) is 11.3 Å². The Bertz CT molecular complexity index is 1270. The van der Waals surface area contributed by atoms with Gasteiger partial charge in [-0.2, -0.15) is 0 Å². The largest absolute Gasteiger partial charge is 0.354 e. The van der Waals surface area contributed by atoms with Gasteiger partial charge in [0, 0.05) is 54.4 Å². The smallest absolute Gasteiger partial charge is 0.261 e. The minimum atomic E-state index is 0.0389. The number of hydrogen-bond donors (Lipinski definition) is 1. The Morgan fingerprint density at radius 1 is 1.13 bits per heavy atom. The Morgan fingerprint density at radius 2 is 1.87 bits per heavy atom. The lowest BCUT2D eigenvalue weighted by atomic mass is 9.95. The minimum absolute atomic E-state index is 0.0389. The summed E-state index contributed by atoms with van der Waals surface area (Å²) in [6.45, 7) is 5.28. The molecule has 0 spiro atoms. The fourth-order valence-corrected chi connectivity index (χ4v) is 6.58. The monoisotopic (exact) mass is 431 g/mol. The van der Waals surface area contributed by atoms with E-state index in [0.29, 0.717) is 5.92 Å². The second-order valence-corrected chi connectivity index (χ2v) is 9.55. The Hall–Kier alpha value is -2.63. The van der Waals surface area contributed by atoms with Gasteiger partial charge in [0.05, 0.1) is 4.88 Å². The molecule has 2 aromatic heterocycles. The molecular formula is C26H29N3OS. The first-order chi connectivity index (χ1) is 15.1. The number of carbonyl (C=O) groups is 1. The highest BCUT2D eigenvalue weighted by atomic mass is 32.1. The fourth-order valence-electron chi connectivity index (χ4n) is 5.34. The number of aryl methyl sites for hydroxylation is 1. The standard InChI is InChI=1S/C26H29N3OS/c1-4-21-20(18-9-5-7-11-22(18)28(21)3)16-29-14-13-17(15-29)24-19-10-6-8-12-23(19)31-25(24)26(30)27-2/h5-12,17H,4,13-16H2,1-3H3,(H,27,30). The topological polar surface area (TPSA) is 37.3 Å². The van der Waals surface area contributed by atoms with E-state index in [1.165, 1.54) is 37.8 Å². The molecule has 0 radical (unpaired) electrons. The van der Waals surface area contributed by atoms with Crippen molar-refractivity contribution in [2.45, 2.75) is 32.2 Å². The molecule has 1 unspecified atom stereocenters. The van der Waals surface area contributed by atoms with E-state index in [9.17, 15) is 4.79 Å². The van der Waals surface area contributed by atoms with Crippen LogP contribution in [0.25, 0.3) is 21.0 Å². The van der Waals surface area contributed by atoms with Crippen molar-refractivity contribution in [3.63, 3.8) is 0 Å². The van der Waals surface area contributed by atoms with E-state index in [2.05, 4.69) is 77.3 Å². The third-order valence-electron chi connectivity index (χ3n) is 6.81. The molecule has 4 aromatic rings. The highest BCUT2D eigenvalue weighted by Crippen LogP contribution is 2.40. The van der Waals surface area contributed by atoms with Crippen LogP contribution in [0, 0.1) is 0 Å². The molecule has 1 aliphatic rings.